The van der Waals surface area contributed by atoms with Crippen LogP contribution in [0, 0.1) is 0 Å². The topological polar surface area (TPSA) is 55.8 Å². The third kappa shape index (κ3) is 5.80. The summed E-state index contributed by atoms with van der Waals surface area (Å²) in [7, 11) is 1.90. The third-order valence-electron chi connectivity index (χ3n) is 3.15. The van der Waals surface area contributed by atoms with E-state index in [-0.39, 0.29) is 5.91 Å². The van der Waals surface area contributed by atoms with Crippen LogP contribution in [0.1, 0.15) is 26.7 Å². The van der Waals surface area contributed by atoms with E-state index >= 15 is 0 Å². The SMILES string of the molecule is CNCCCC(=O)N1CCN(CC(C)(C)O)CC1. The molecule has 0 saturated carbocycles. The van der Waals surface area contributed by atoms with Crippen molar-refractivity contribution in [2.75, 3.05) is 46.3 Å². The van der Waals surface area contributed by atoms with Gasteiger partial charge in [-0.25, -0.2) is 0 Å². The Morgan fingerprint density at radius 3 is 2.39 bits per heavy atom. The zero-order valence-electron chi connectivity index (χ0n) is 11.9. The van der Waals surface area contributed by atoms with Gasteiger partial charge >= 0.3 is 0 Å². The van der Waals surface area contributed by atoms with E-state index in [1.165, 1.54) is 0 Å². The molecule has 2 N–H and O–H groups in total. The predicted molar refractivity (Wildman–Crippen MR) is 72.5 cm³/mol. The van der Waals surface area contributed by atoms with Gasteiger partial charge in [0, 0.05) is 39.1 Å². The van der Waals surface area contributed by atoms with E-state index < -0.39 is 5.60 Å². The molecule has 0 unspecified atom stereocenters. The van der Waals surface area contributed by atoms with Crippen LogP contribution in [-0.4, -0.2) is 72.7 Å². The molecule has 0 spiro atoms. The zero-order valence-corrected chi connectivity index (χ0v) is 11.9. The predicted octanol–water partition coefficient (Wildman–Crippen LogP) is -0.0989. The van der Waals surface area contributed by atoms with E-state index in [1.807, 2.05) is 25.8 Å². The summed E-state index contributed by atoms with van der Waals surface area (Å²) < 4.78 is 0. The molecule has 1 aliphatic heterocycles. The van der Waals surface area contributed by atoms with Crippen molar-refractivity contribution in [2.24, 2.45) is 0 Å². The van der Waals surface area contributed by atoms with Crippen molar-refractivity contribution in [1.82, 2.24) is 15.1 Å². The molecule has 0 aromatic carbocycles. The first-order chi connectivity index (χ1) is 8.42. The minimum atomic E-state index is -0.654. The minimum Gasteiger partial charge on any atom is -0.389 e. The van der Waals surface area contributed by atoms with Gasteiger partial charge in [-0.2, -0.15) is 0 Å². The number of nitrogens with zero attached hydrogens (tertiary/aromatic N) is 2. The van der Waals surface area contributed by atoms with Crippen LogP contribution in [-0.2, 0) is 4.79 Å². The molecule has 5 nitrogen and oxygen atoms in total. The summed E-state index contributed by atoms with van der Waals surface area (Å²) in [4.78, 5) is 16.1. The van der Waals surface area contributed by atoms with E-state index in [1.54, 1.807) is 0 Å². The van der Waals surface area contributed by atoms with Gasteiger partial charge in [0.05, 0.1) is 5.60 Å². The lowest BCUT2D eigenvalue weighted by atomic mass is 10.1. The third-order valence-corrected chi connectivity index (χ3v) is 3.15. The number of carbonyl (C=O) groups excluding carboxylic acids is 1. The average Bonchev–Trinajstić information content (AvgIpc) is 2.28. The minimum absolute atomic E-state index is 0.258. The maximum Gasteiger partial charge on any atom is 0.222 e. The molecule has 1 aliphatic rings. The van der Waals surface area contributed by atoms with Crippen molar-refractivity contribution in [1.29, 1.82) is 0 Å². The summed E-state index contributed by atoms with van der Waals surface area (Å²) in [6.07, 6.45) is 1.53. The molecular weight excluding hydrogens is 230 g/mol. The van der Waals surface area contributed by atoms with Gasteiger partial charge < -0.3 is 15.3 Å². The van der Waals surface area contributed by atoms with E-state index in [4.69, 9.17) is 0 Å². The van der Waals surface area contributed by atoms with Crippen molar-refractivity contribution >= 4 is 5.91 Å². The Balaban J connectivity index is 2.24. The highest BCUT2D eigenvalue weighted by molar-refractivity contribution is 5.76. The normalized spacial score (nSPS) is 18.1. The van der Waals surface area contributed by atoms with Crippen LogP contribution >= 0.6 is 0 Å². The molecule has 18 heavy (non-hydrogen) atoms. The van der Waals surface area contributed by atoms with Crippen molar-refractivity contribution in [3.63, 3.8) is 0 Å². The van der Waals surface area contributed by atoms with Gasteiger partial charge in [0.25, 0.3) is 0 Å². The van der Waals surface area contributed by atoms with Gasteiger partial charge in [-0.15, -0.1) is 0 Å². The standard InChI is InChI=1S/C13H27N3O2/c1-13(2,18)11-15-7-9-16(10-8-15)12(17)5-4-6-14-3/h14,18H,4-11H2,1-3H3. The molecule has 5 heteroatoms. The fraction of sp³-hybridized carbons (Fsp3) is 0.923. The number of piperazine rings is 1. The van der Waals surface area contributed by atoms with Gasteiger partial charge in [0.15, 0.2) is 0 Å². The summed E-state index contributed by atoms with van der Waals surface area (Å²) in [5.74, 6) is 0.258. The van der Waals surface area contributed by atoms with Gasteiger partial charge in [-0.3, -0.25) is 9.69 Å². The van der Waals surface area contributed by atoms with Crippen LogP contribution < -0.4 is 5.32 Å². The lowest BCUT2D eigenvalue weighted by Crippen LogP contribution is -2.52. The molecule has 1 amide bonds. The number of nitrogens with one attached hydrogen (secondary N) is 1. The van der Waals surface area contributed by atoms with Gasteiger partial charge in [0.2, 0.25) is 5.91 Å². The second-order valence-electron chi connectivity index (χ2n) is 5.68. The summed E-state index contributed by atoms with van der Waals surface area (Å²) in [6, 6.07) is 0. The highest BCUT2D eigenvalue weighted by atomic mass is 16.3. The molecular formula is C13H27N3O2. The number of aliphatic hydroxyl groups is 1. The lowest BCUT2D eigenvalue weighted by molar-refractivity contribution is -0.133. The maximum absolute atomic E-state index is 11.9. The van der Waals surface area contributed by atoms with Gasteiger partial charge in [-0.1, -0.05) is 0 Å². The number of β-amino-alcohol motifs (C(OH)–C–C–N with tert-alkyl or cyclic N) is 1. The number of amides is 1. The molecule has 0 radical (unpaired) electrons. The van der Waals surface area contributed by atoms with Crippen LogP contribution in [0.3, 0.4) is 0 Å². The first-order valence-corrected chi connectivity index (χ1v) is 6.79. The number of carbonyl (C=O) groups is 1. The summed E-state index contributed by atoms with van der Waals surface area (Å²) >= 11 is 0. The summed E-state index contributed by atoms with van der Waals surface area (Å²) in [5.41, 5.74) is -0.654. The average molecular weight is 257 g/mol. The molecule has 0 aromatic rings. The van der Waals surface area contributed by atoms with E-state index in [0.717, 1.165) is 39.1 Å². The van der Waals surface area contributed by atoms with Crippen LogP contribution in [0.5, 0.6) is 0 Å². The first-order valence-electron chi connectivity index (χ1n) is 6.79. The molecule has 106 valence electrons. The maximum atomic E-state index is 11.9. The monoisotopic (exact) mass is 257 g/mol. The lowest BCUT2D eigenvalue weighted by Gasteiger charge is -2.37. The number of hydrogen-bond acceptors (Lipinski definition) is 4. The fourth-order valence-electron chi connectivity index (χ4n) is 2.28. The molecule has 1 heterocycles. The highest BCUT2D eigenvalue weighted by Gasteiger charge is 2.24. The Bertz CT molecular complexity index is 255. The van der Waals surface area contributed by atoms with Crippen LogP contribution in [0.25, 0.3) is 0 Å². The zero-order chi connectivity index (χ0) is 13.6. The van der Waals surface area contributed by atoms with Crippen LogP contribution in [0.15, 0.2) is 0 Å². The van der Waals surface area contributed by atoms with Crippen molar-refractivity contribution in [2.45, 2.75) is 32.3 Å². The van der Waals surface area contributed by atoms with Crippen LogP contribution in [0.2, 0.25) is 0 Å². The molecule has 0 aromatic heterocycles. The van der Waals surface area contributed by atoms with Gasteiger partial charge in [0.1, 0.15) is 0 Å². The van der Waals surface area contributed by atoms with Crippen molar-refractivity contribution in [3.8, 4) is 0 Å². The van der Waals surface area contributed by atoms with Crippen LogP contribution in [0.4, 0.5) is 0 Å². The smallest absolute Gasteiger partial charge is 0.222 e. The largest absolute Gasteiger partial charge is 0.389 e. The molecule has 0 aliphatic carbocycles. The second-order valence-corrected chi connectivity index (χ2v) is 5.68. The molecule has 1 saturated heterocycles. The molecule has 1 rings (SSSR count). The van der Waals surface area contributed by atoms with E-state index in [2.05, 4.69) is 10.2 Å². The molecule has 1 fully saturated rings. The quantitative estimate of drug-likeness (QED) is 0.653. The summed E-state index contributed by atoms with van der Waals surface area (Å²) in [6.45, 7) is 8.51. The Labute approximate surface area is 110 Å². The van der Waals surface area contributed by atoms with Crippen molar-refractivity contribution in [3.05, 3.63) is 0 Å². The Morgan fingerprint density at radius 2 is 1.89 bits per heavy atom. The van der Waals surface area contributed by atoms with Gasteiger partial charge in [-0.05, 0) is 33.9 Å². The highest BCUT2D eigenvalue weighted by Crippen LogP contribution is 2.09. The first kappa shape index (κ1) is 15.4. The van der Waals surface area contributed by atoms with E-state index in [9.17, 15) is 9.90 Å². The molecule has 0 bridgehead atoms. The molecule has 0 atom stereocenters. The Kier molecular flexibility index (Phi) is 6.05. The van der Waals surface area contributed by atoms with E-state index in [0.29, 0.717) is 13.0 Å². The summed E-state index contributed by atoms with van der Waals surface area (Å²) in [5, 5.41) is 12.8. The van der Waals surface area contributed by atoms with Crippen molar-refractivity contribution < 1.29 is 9.90 Å². The number of hydrogen-bond donors (Lipinski definition) is 2. The Morgan fingerprint density at radius 1 is 1.28 bits per heavy atom. The number of rotatable bonds is 6. The second kappa shape index (κ2) is 7.07. The Hall–Kier alpha value is -0.650. The fourth-order valence-corrected chi connectivity index (χ4v) is 2.28.